The second-order valence-electron chi connectivity index (χ2n) is 4.27. The van der Waals surface area contributed by atoms with Crippen LogP contribution in [0.3, 0.4) is 0 Å². The fourth-order valence-electron chi connectivity index (χ4n) is 1.86. The molecule has 0 saturated carbocycles. The summed E-state index contributed by atoms with van der Waals surface area (Å²) in [6.07, 6.45) is -2.98. The maximum absolute atomic E-state index is 12.6. The third-order valence-electron chi connectivity index (χ3n) is 2.82. The van der Waals surface area contributed by atoms with E-state index in [2.05, 4.69) is 9.97 Å². The molecule has 100 valence electrons. The average molecular weight is 268 g/mol. The zero-order chi connectivity index (χ0) is 14.2. The van der Waals surface area contributed by atoms with Crippen LogP contribution in [0.25, 0.3) is 11.3 Å². The average Bonchev–Trinajstić information content (AvgIpc) is 2.31. The number of rotatable bonds is 1. The molecular formula is C13H11F3N2O. The molecule has 0 bridgehead atoms. The minimum Gasteiger partial charge on any atom is -0.305 e. The molecule has 1 aromatic heterocycles. The van der Waals surface area contributed by atoms with E-state index < -0.39 is 17.4 Å². The maximum atomic E-state index is 12.6. The van der Waals surface area contributed by atoms with Crippen LogP contribution in [-0.2, 0) is 6.18 Å². The summed E-state index contributed by atoms with van der Waals surface area (Å²) in [7, 11) is 0. The van der Waals surface area contributed by atoms with Crippen molar-refractivity contribution < 1.29 is 13.2 Å². The topological polar surface area (TPSA) is 45.8 Å². The van der Waals surface area contributed by atoms with E-state index in [1.54, 1.807) is 13.8 Å². The molecule has 0 unspecified atom stereocenters. The van der Waals surface area contributed by atoms with E-state index in [0.717, 1.165) is 12.1 Å². The zero-order valence-corrected chi connectivity index (χ0v) is 10.3. The maximum Gasteiger partial charge on any atom is 0.416 e. The summed E-state index contributed by atoms with van der Waals surface area (Å²) < 4.78 is 37.7. The Kier molecular flexibility index (Phi) is 3.18. The standard InChI is InChI=1S/C13H11F3N2O/c1-7-5-9(13(14,15)16)3-4-10(7)11-8(2)6-17-12(19)18-11/h3-6H,1-2H3,(H,17,18,19). The van der Waals surface area contributed by atoms with Gasteiger partial charge < -0.3 is 4.98 Å². The molecule has 0 aliphatic rings. The Morgan fingerprint density at radius 2 is 1.84 bits per heavy atom. The van der Waals surface area contributed by atoms with E-state index in [4.69, 9.17) is 0 Å². The molecule has 0 radical (unpaired) electrons. The van der Waals surface area contributed by atoms with Crippen LogP contribution in [0.15, 0.2) is 29.2 Å². The van der Waals surface area contributed by atoms with Gasteiger partial charge in [0.05, 0.1) is 11.3 Å². The van der Waals surface area contributed by atoms with Crippen molar-refractivity contribution in [2.45, 2.75) is 20.0 Å². The molecule has 0 aliphatic heterocycles. The number of aromatic amines is 1. The summed E-state index contributed by atoms with van der Waals surface area (Å²) in [5.74, 6) is 0. The number of hydrogen-bond donors (Lipinski definition) is 1. The Balaban J connectivity index is 2.59. The predicted octanol–water partition coefficient (Wildman–Crippen LogP) is 3.07. The molecule has 0 atom stereocenters. The highest BCUT2D eigenvalue weighted by molar-refractivity contribution is 5.66. The number of halogens is 3. The first kappa shape index (κ1) is 13.3. The van der Waals surface area contributed by atoms with Crippen molar-refractivity contribution in [2.75, 3.05) is 0 Å². The Morgan fingerprint density at radius 3 is 2.42 bits per heavy atom. The van der Waals surface area contributed by atoms with Crippen molar-refractivity contribution >= 4 is 0 Å². The van der Waals surface area contributed by atoms with Crippen molar-refractivity contribution in [3.8, 4) is 11.3 Å². The van der Waals surface area contributed by atoms with Crippen molar-refractivity contribution in [3.05, 3.63) is 51.6 Å². The summed E-state index contributed by atoms with van der Waals surface area (Å²) in [5, 5.41) is 0. The highest BCUT2D eigenvalue weighted by Crippen LogP contribution is 2.32. The summed E-state index contributed by atoms with van der Waals surface area (Å²) in [5.41, 5.74) is 0.959. The van der Waals surface area contributed by atoms with Crippen LogP contribution in [0.2, 0.25) is 0 Å². The molecule has 0 saturated heterocycles. The number of benzene rings is 1. The van der Waals surface area contributed by atoms with Crippen LogP contribution < -0.4 is 5.69 Å². The Labute approximate surface area is 107 Å². The van der Waals surface area contributed by atoms with Gasteiger partial charge in [-0.2, -0.15) is 13.2 Å². The van der Waals surface area contributed by atoms with Gasteiger partial charge in [0.15, 0.2) is 0 Å². The van der Waals surface area contributed by atoms with Gasteiger partial charge in [0.1, 0.15) is 0 Å². The van der Waals surface area contributed by atoms with Gasteiger partial charge in [-0.25, -0.2) is 9.78 Å². The Hall–Kier alpha value is -2.11. The molecule has 1 N–H and O–H groups in total. The third kappa shape index (κ3) is 2.67. The minimum atomic E-state index is -4.37. The number of H-pyrrole nitrogens is 1. The van der Waals surface area contributed by atoms with Gasteiger partial charge in [-0.05, 0) is 37.1 Å². The molecule has 1 heterocycles. The summed E-state index contributed by atoms with van der Waals surface area (Å²) in [4.78, 5) is 17.3. The first-order valence-corrected chi connectivity index (χ1v) is 5.53. The SMILES string of the molecule is Cc1cc(C(F)(F)F)ccc1-c1[nH]c(=O)ncc1C. The van der Waals surface area contributed by atoms with E-state index in [1.807, 2.05) is 0 Å². The van der Waals surface area contributed by atoms with E-state index in [9.17, 15) is 18.0 Å². The van der Waals surface area contributed by atoms with E-state index in [-0.39, 0.29) is 0 Å². The monoisotopic (exact) mass is 268 g/mol. The number of alkyl halides is 3. The van der Waals surface area contributed by atoms with Gasteiger partial charge >= 0.3 is 11.9 Å². The third-order valence-corrected chi connectivity index (χ3v) is 2.82. The highest BCUT2D eigenvalue weighted by atomic mass is 19.4. The molecule has 0 aliphatic carbocycles. The molecule has 6 heteroatoms. The normalized spacial score (nSPS) is 11.6. The number of hydrogen-bond acceptors (Lipinski definition) is 2. The fourth-order valence-corrected chi connectivity index (χ4v) is 1.86. The molecule has 0 fully saturated rings. The first-order chi connectivity index (χ1) is 8.79. The Morgan fingerprint density at radius 1 is 1.16 bits per heavy atom. The molecular weight excluding hydrogens is 257 g/mol. The summed E-state index contributed by atoms with van der Waals surface area (Å²) >= 11 is 0. The smallest absolute Gasteiger partial charge is 0.305 e. The van der Waals surface area contributed by atoms with Gasteiger partial charge in [-0.1, -0.05) is 6.07 Å². The van der Waals surface area contributed by atoms with Crippen molar-refractivity contribution in [1.29, 1.82) is 0 Å². The molecule has 3 nitrogen and oxygen atoms in total. The molecule has 19 heavy (non-hydrogen) atoms. The lowest BCUT2D eigenvalue weighted by molar-refractivity contribution is -0.137. The van der Waals surface area contributed by atoms with E-state index in [1.165, 1.54) is 12.3 Å². The quantitative estimate of drug-likeness (QED) is 0.863. The second kappa shape index (κ2) is 4.53. The van der Waals surface area contributed by atoms with Crippen LogP contribution in [0, 0.1) is 13.8 Å². The lowest BCUT2D eigenvalue weighted by atomic mass is 10.00. The molecule has 2 aromatic rings. The lowest BCUT2D eigenvalue weighted by Crippen LogP contribution is -2.12. The molecule has 0 spiro atoms. The largest absolute Gasteiger partial charge is 0.416 e. The number of aryl methyl sites for hydroxylation is 2. The van der Waals surface area contributed by atoms with E-state index >= 15 is 0 Å². The van der Waals surface area contributed by atoms with Gasteiger partial charge in [0.25, 0.3) is 0 Å². The van der Waals surface area contributed by atoms with Crippen LogP contribution in [0.4, 0.5) is 13.2 Å². The van der Waals surface area contributed by atoms with Crippen molar-refractivity contribution in [3.63, 3.8) is 0 Å². The second-order valence-corrected chi connectivity index (χ2v) is 4.27. The van der Waals surface area contributed by atoms with Gasteiger partial charge in [-0.3, -0.25) is 0 Å². The Bertz CT molecular complexity index is 674. The van der Waals surface area contributed by atoms with Crippen molar-refractivity contribution in [1.82, 2.24) is 9.97 Å². The molecule has 2 rings (SSSR count). The van der Waals surface area contributed by atoms with Crippen LogP contribution >= 0.6 is 0 Å². The van der Waals surface area contributed by atoms with Crippen LogP contribution in [0.1, 0.15) is 16.7 Å². The number of nitrogens with one attached hydrogen (secondary N) is 1. The highest BCUT2D eigenvalue weighted by Gasteiger charge is 2.30. The van der Waals surface area contributed by atoms with Crippen LogP contribution in [0.5, 0.6) is 0 Å². The minimum absolute atomic E-state index is 0.444. The summed E-state index contributed by atoms with van der Waals surface area (Å²) in [6.45, 7) is 3.30. The summed E-state index contributed by atoms with van der Waals surface area (Å²) in [6, 6.07) is 3.42. The van der Waals surface area contributed by atoms with Gasteiger partial charge in [0, 0.05) is 11.8 Å². The van der Waals surface area contributed by atoms with Gasteiger partial charge in [0.2, 0.25) is 0 Å². The number of aromatic nitrogens is 2. The molecule has 0 amide bonds. The first-order valence-electron chi connectivity index (χ1n) is 5.53. The van der Waals surface area contributed by atoms with Crippen molar-refractivity contribution in [2.24, 2.45) is 0 Å². The van der Waals surface area contributed by atoms with Gasteiger partial charge in [-0.15, -0.1) is 0 Å². The zero-order valence-electron chi connectivity index (χ0n) is 10.3. The molecule has 1 aromatic carbocycles. The van der Waals surface area contributed by atoms with E-state index in [0.29, 0.717) is 22.4 Å². The lowest BCUT2D eigenvalue weighted by Gasteiger charge is -2.12. The number of nitrogens with zero attached hydrogens (tertiary/aromatic N) is 1. The fraction of sp³-hybridized carbons (Fsp3) is 0.231. The predicted molar refractivity (Wildman–Crippen MR) is 64.8 cm³/mol. The van der Waals surface area contributed by atoms with Crippen LogP contribution in [-0.4, -0.2) is 9.97 Å².